The van der Waals surface area contributed by atoms with Crippen LogP contribution in [0.4, 0.5) is 0 Å². The fourth-order valence-electron chi connectivity index (χ4n) is 0.799. The van der Waals surface area contributed by atoms with Crippen molar-refractivity contribution in [3.63, 3.8) is 0 Å². The molecule has 60 valence electrons. The minimum absolute atomic E-state index is 1.01. The van der Waals surface area contributed by atoms with Crippen LogP contribution in [-0.4, -0.2) is 0 Å². The summed E-state index contributed by atoms with van der Waals surface area (Å²) in [5, 5.41) is 0. The second kappa shape index (κ2) is 5.14. The molecule has 0 aromatic heterocycles. The van der Waals surface area contributed by atoms with Crippen molar-refractivity contribution in [3.8, 4) is 0 Å². The molecule has 12 heavy (non-hydrogen) atoms. The first-order valence-electron chi connectivity index (χ1n) is 3.93. The molecular weight excluding hydrogens is 144 g/mol. The predicted molar refractivity (Wildman–Crippen MR) is 54.8 cm³/mol. The van der Waals surface area contributed by atoms with Crippen LogP contribution in [0.2, 0.25) is 0 Å². The van der Waals surface area contributed by atoms with Gasteiger partial charge in [-0.3, -0.25) is 0 Å². The summed E-state index contributed by atoms with van der Waals surface area (Å²) >= 11 is 0. The number of hydrogen-bond donors (Lipinski definition) is 0. The van der Waals surface area contributed by atoms with Crippen molar-refractivity contribution in [1.29, 1.82) is 0 Å². The highest BCUT2D eigenvalue weighted by molar-refractivity contribution is 5.33. The zero-order chi connectivity index (χ0) is 8.65. The Hall–Kier alpha value is -1.56. The molecule has 0 bridgehead atoms. The number of rotatable bonds is 0. The van der Waals surface area contributed by atoms with Gasteiger partial charge in [0.05, 0.1) is 0 Å². The molecule has 0 spiro atoms. The summed E-state index contributed by atoms with van der Waals surface area (Å²) in [6.07, 6.45) is 19.8. The van der Waals surface area contributed by atoms with Crippen LogP contribution in [0.25, 0.3) is 0 Å². The fourth-order valence-corrected chi connectivity index (χ4v) is 0.799. The molecule has 0 N–H and O–H groups in total. The largest absolute Gasteiger partial charge is 0.0918 e. The average Bonchev–Trinajstić information content (AvgIpc) is 2.11. The fraction of sp³-hybridized carbons (Fsp3) is 0. The standard InChI is InChI=1S/C12H12/c1-12-10-8-6-4-2-3-5-7-9-11-12/h2-11H,1H2/b3-2-,6-4-,7-5-,10-8-,11-9-. The van der Waals surface area contributed by atoms with Crippen LogP contribution in [-0.2, 0) is 0 Å². The first-order chi connectivity index (χ1) is 5.89. The van der Waals surface area contributed by atoms with Gasteiger partial charge in [0.15, 0.2) is 0 Å². The van der Waals surface area contributed by atoms with Gasteiger partial charge >= 0.3 is 0 Å². The summed E-state index contributed by atoms with van der Waals surface area (Å²) < 4.78 is 0. The van der Waals surface area contributed by atoms with E-state index in [4.69, 9.17) is 0 Å². The van der Waals surface area contributed by atoms with E-state index < -0.39 is 0 Å². The van der Waals surface area contributed by atoms with E-state index in [0.29, 0.717) is 0 Å². The van der Waals surface area contributed by atoms with Gasteiger partial charge in [-0.2, -0.15) is 0 Å². The number of hydrogen-bond acceptors (Lipinski definition) is 0. The summed E-state index contributed by atoms with van der Waals surface area (Å²) in [6.45, 7) is 3.86. The van der Waals surface area contributed by atoms with Crippen LogP contribution in [0.15, 0.2) is 72.9 Å². The third-order valence-corrected chi connectivity index (χ3v) is 1.40. The summed E-state index contributed by atoms with van der Waals surface area (Å²) in [5.74, 6) is 0. The highest BCUT2D eigenvalue weighted by atomic mass is 13.8. The zero-order valence-corrected chi connectivity index (χ0v) is 6.98. The topological polar surface area (TPSA) is 0 Å². The molecule has 0 fully saturated rings. The zero-order valence-electron chi connectivity index (χ0n) is 6.98. The molecule has 0 saturated heterocycles. The van der Waals surface area contributed by atoms with Crippen molar-refractivity contribution in [3.05, 3.63) is 72.9 Å². The lowest BCUT2D eigenvalue weighted by Crippen LogP contribution is -1.63. The summed E-state index contributed by atoms with van der Waals surface area (Å²) in [7, 11) is 0. The molecule has 0 aromatic rings. The first kappa shape index (κ1) is 8.54. The van der Waals surface area contributed by atoms with Gasteiger partial charge in [-0.1, -0.05) is 67.3 Å². The monoisotopic (exact) mass is 156 g/mol. The highest BCUT2D eigenvalue weighted by Crippen LogP contribution is 1.97. The van der Waals surface area contributed by atoms with Gasteiger partial charge in [0.1, 0.15) is 0 Å². The maximum Gasteiger partial charge on any atom is -0.0329 e. The molecule has 0 nitrogen and oxygen atoms in total. The highest BCUT2D eigenvalue weighted by Gasteiger charge is 1.76. The van der Waals surface area contributed by atoms with Crippen LogP contribution < -0.4 is 0 Å². The third-order valence-electron chi connectivity index (χ3n) is 1.40. The summed E-state index contributed by atoms with van der Waals surface area (Å²) in [6, 6.07) is 0. The van der Waals surface area contributed by atoms with Gasteiger partial charge < -0.3 is 0 Å². The Morgan fingerprint density at radius 2 is 0.917 bits per heavy atom. The molecular formula is C12H12. The Bertz CT molecular complexity index is 255. The van der Waals surface area contributed by atoms with E-state index in [2.05, 4.69) is 6.58 Å². The molecule has 0 heterocycles. The Balaban J connectivity index is 2.78. The van der Waals surface area contributed by atoms with Gasteiger partial charge in [-0.15, -0.1) is 0 Å². The molecule has 0 aliphatic heterocycles. The molecule has 1 aliphatic rings. The van der Waals surface area contributed by atoms with Gasteiger partial charge in [0, 0.05) is 0 Å². The van der Waals surface area contributed by atoms with Crippen molar-refractivity contribution in [1.82, 2.24) is 0 Å². The van der Waals surface area contributed by atoms with Gasteiger partial charge in [0.25, 0.3) is 0 Å². The van der Waals surface area contributed by atoms with Crippen molar-refractivity contribution in [2.24, 2.45) is 0 Å². The molecule has 0 heteroatoms. The summed E-state index contributed by atoms with van der Waals surface area (Å²) in [5.41, 5.74) is 1.01. The van der Waals surface area contributed by atoms with E-state index in [1.165, 1.54) is 0 Å². The van der Waals surface area contributed by atoms with Gasteiger partial charge in [0.2, 0.25) is 0 Å². The van der Waals surface area contributed by atoms with E-state index >= 15 is 0 Å². The van der Waals surface area contributed by atoms with Crippen molar-refractivity contribution in [2.75, 3.05) is 0 Å². The lowest BCUT2D eigenvalue weighted by atomic mass is 10.2. The molecule has 0 unspecified atom stereocenters. The quantitative estimate of drug-likeness (QED) is 0.504. The Morgan fingerprint density at radius 3 is 1.33 bits per heavy atom. The molecule has 1 rings (SSSR count). The molecule has 1 aliphatic carbocycles. The average molecular weight is 156 g/mol. The van der Waals surface area contributed by atoms with Crippen molar-refractivity contribution >= 4 is 0 Å². The normalized spacial score (nSPS) is 29.8. The van der Waals surface area contributed by atoms with E-state index in [0.717, 1.165) is 5.57 Å². The minimum atomic E-state index is 1.01. The third kappa shape index (κ3) is 3.57. The van der Waals surface area contributed by atoms with Crippen LogP contribution in [0, 0.1) is 0 Å². The molecule has 0 atom stereocenters. The van der Waals surface area contributed by atoms with E-state index in [9.17, 15) is 0 Å². The van der Waals surface area contributed by atoms with Gasteiger partial charge in [-0.25, -0.2) is 0 Å². The maximum atomic E-state index is 3.86. The Labute approximate surface area is 73.6 Å². The maximum absolute atomic E-state index is 3.86. The van der Waals surface area contributed by atoms with E-state index in [1.807, 2.05) is 60.8 Å². The Kier molecular flexibility index (Phi) is 3.65. The van der Waals surface area contributed by atoms with Crippen LogP contribution in [0.1, 0.15) is 0 Å². The number of allylic oxidation sites excluding steroid dienone is 11. The van der Waals surface area contributed by atoms with Crippen molar-refractivity contribution in [2.45, 2.75) is 0 Å². The van der Waals surface area contributed by atoms with Crippen LogP contribution in [0.5, 0.6) is 0 Å². The SMILES string of the molecule is C=C1\C=C/C=C\C=C/C=C\C=C/1. The minimum Gasteiger partial charge on any atom is -0.0918 e. The lowest BCUT2D eigenvalue weighted by Gasteiger charge is -1.84. The van der Waals surface area contributed by atoms with Crippen molar-refractivity contribution < 1.29 is 0 Å². The van der Waals surface area contributed by atoms with E-state index in [1.54, 1.807) is 0 Å². The van der Waals surface area contributed by atoms with E-state index in [-0.39, 0.29) is 0 Å². The molecule has 0 amide bonds. The predicted octanol–water partition coefficient (Wildman–Crippen LogP) is 3.34. The molecule has 0 radical (unpaired) electrons. The molecule has 0 aromatic carbocycles. The second-order valence-corrected chi connectivity index (χ2v) is 2.45. The Morgan fingerprint density at radius 1 is 0.583 bits per heavy atom. The smallest absolute Gasteiger partial charge is 0.0329 e. The first-order valence-corrected chi connectivity index (χ1v) is 3.93. The summed E-state index contributed by atoms with van der Waals surface area (Å²) in [4.78, 5) is 0. The van der Waals surface area contributed by atoms with Gasteiger partial charge in [-0.05, 0) is 5.57 Å². The second-order valence-electron chi connectivity index (χ2n) is 2.45. The van der Waals surface area contributed by atoms with Crippen LogP contribution >= 0.6 is 0 Å². The van der Waals surface area contributed by atoms with Crippen LogP contribution in [0.3, 0.4) is 0 Å². The molecule has 0 saturated carbocycles. The lowest BCUT2D eigenvalue weighted by molar-refractivity contribution is 1.73.